The lowest BCUT2D eigenvalue weighted by molar-refractivity contribution is -0.250. The maximum absolute atomic E-state index is 14.3. The van der Waals surface area contributed by atoms with Gasteiger partial charge in [-0.15, -0.1) is 11.8 Å². The lowest BCUT2D eigenvalue weighted by Crippen LogP contribution is -2.66. The van der Waals surface area contributed by atoms with Gasteiger partial charge >= 0.3 is 11.5 Å². The number of ether oxygens (including phenoxy) is 1. The van der Waals surface area contributed by atoms with Crippen LogP contribution in [-0.4, -0.2) is 122 Å². The Balaban J connectivity index is 0.918. The summed E-state index contributed by atoms with van der Waals surface area (Å²) in [6.07, 6.45) is 3.95. The molecule has 6 aliphatic rings. The molecule has 5 fully saturated rings. The summed E-state index contributed by atoms with van der Waals surface area (Å²) in [4.78, 5) is 31.2. The van der Waals surface area contributed by atoms with Crippen LogP contribution in [0.4, 0.5) is 33.3 Å². The number of amides is 1. The summed E-state index contributed by atoms with van der Waals surface area (Å²) in [7, 11) is -9.67. The zero-order chi connectivity index (χ0) is 51.2. The van der Waals surface area contributed by atoms with Gasteiger partial charge in [0.15, 0.2) is 0 Å². The van der Waals surface area contributed by atoms with E-state index in [9.17, 15) is 48.4 Å². The summed E-state index contributed by atoms with van der Waals surface area (Å²) < 4.78 is 131. The molecular formula is C51H64F5N5O7S3. The third-order valence-corrected chi connectivity index (χ3v) is 19.7. The first-order valence-corrected chi connectivity index (χ1v) is 28.2. The number of methoxy groups -OCH3 is 1. The normalized spacial score (nSPS) is 24.2. The fourth-order valence-electron chi connectivity index (χ4n) is 11.3. The van der Waals surface area contributed by atoms with E-state index < -0.39 is 70.1 Å². The highest BCUT2D eigenvalue weighted by molar-refractivity contribution is 7.99. The van der Waals surface area contributed by atoms with Crippen molar-refractivity contribution >= 4 is 54.9 Å². The van der Waals surface area contributed by atoms with Crippen LogP contribution >= 0.6 is 11.8 Å². The van der Waals surface area contributed by atoms with Gasteiger partial charge in [0.1, 0.15) is 4.90 Å². The van der Waals surface area contributed by atoms with Crippen molar-refractivity contribution < 1.29 is 53.1 Å². The molecule has 1 amide bonds. The number of benzene rings is 3. The van der Waals surface area contributed by atoms with Crippen molar-refractivity contribution in [3.63, 3.8) is 0 Å². The molecule has 2 aliphatic heterocycles. The number of piperazine rings is 1. The van der Waals surface area contributed by atoms with E-state index in [1.165, 1.54) is 42.2 Å². The Hall–Kier alpha value is -4.24. The van der Waals surface area contributed by atoms with E-state index in [1.54, 1.807) is 12.1 Å². The van der Waals surface area contributed by atoms with E-state index in [1.807, 2.05) is 42.0 Å². The molecule has 0 aromatic heterocycles. The minimum atomic E-state index is -6.12. The van der Waals surface area contributed by atoms with Gasteiger partial charge in [-0.2, -0.15) is 13.2 Å². The van der Waals surface area contributed by atoms with Gasteiger partial charge in [0.05, 0.1) is 23.1 Å². The number of likely N-dealkylation sites (tertiary alicyclic amines) is 1. The molecule has 2 N–H and O–H groups in total. The molecule has 3 aromatic carbocycles. The number of esters is 1. The Kier molecular flexibility index (Phi) is 15.1. The van der Waals surface area contributed by atoms with Crippen LogP contribution in [0.2, 0.25) is 0 Å². The minimum Gasteiger partial charge on any atom is -0.469 e. The van der Waals surface area contributed by atoms with Crippen LogP contribution in [0.5, 0.6) is 0 Å². The lowest BCUT2D eigenvalue weighted by atomic mass is 9.32. The van der Waals surface area contributed by atoms with Crippen molar-refractivity contribution in [2.75, 3.05) is 75.4 Å². The number of nitrogens with zero attached hydrogens (tertiary/aromatic N) is 3. The topological polar surface area (TPSA) is 145 Å². The van der Waals surface area contributed by atoms with Gasteiger partial charge in [-0.1, -0.05) is 43.2 Å². The highest BCUT2D eigenvalue weighted by Crippen LogP contribution is 2.79. The highest BCUT2D eigenvalue weighted by atomic mass is 32.2. The predicted octanol–water partition coefficient (Wildman–Crippen LogP) is 9.40. The number of alkyl halides is 5. The monoisotopic (exact) mass is 1050 g/mol. The highest BCUT2D eigenvalue weighted by Gasteiger charge is 2.73. The largest absolute Gasteiger partial charge is 0.501 e. The zero-order valence-electron chi connectivity index (χ0n) is 40.6. The van der Waals surface area contributed by atoms with Crippen molar-refractivity contribution in [3.8, 4) is 0 Å². The maximum atomic E-state index is 14.3. The summed E-state index contributed by atoms with van der Waals surface area (Å²) in [5.74, 6) is -1.05. The van der Waals surface area contributed by atoms with Crippen LogP contribution in [0, 0.1) is 21.7 Å². The Morgan fingerprint density at radius 2 is 1.48 bits per heavy atom. The van der Waals surface area contributed by atoms with E-state index in [4.69, 9.17) is 4.74 Å². The Morgan fingerprint density at radius 1 is 0.831 bits per heavy atom. The quantitative estimate of drug-likeness (QED) is 0.0542. The number of sulfonamides is 1. The fraction of sp³-hybridized carbons (Fsp3) is 0.569. The van der Waals surface area contributed by atoms with Crippen LogP contribution in [0.25, 0.3) is 0 Å². The van der Waals surface area contributed by atoms with Crippen LogP contribution in [0.3, 0.4) is 0 Å². The summed E-state index contributed by atoms with van der Waals surface area (Å²) in [6, 6.07) is 17.3. The van der Waals surface area contributed by atoms with E-state index in [2.05, 4.69) is 33.9 Å². The van der Waals surface area contributed by atoms with E-state index in [-0.39, 0.29) is 22.4 Å². The number of sulfone groups is 1. The molecule has 9 rings (SSSR count). The number of hydrogen-bond acceptors (Lipinski definition) is 12. The molecular weight excluding hydrogens is 986 g/mol. The van der Waals surface area contributed by atoms with Gasteiger partial charge in [-0.05, 0) is 143 Å². The number of carbonyl (C=O) groups is 2. The predicted molar refractivity (Wildman–Crippen MR) is 264 cm³/mol. The Morgan fingerprint density at radius 3 is 2.08 bits per heavy atom. The smallest absolute Gasteiger partial charge is 0.469 e. The molecule has 3 aromatic rings. The van der Waals surface area contributed by atoms with Gasteiger partial charge in [0.25, 0.3) is 25.8 Å². The average Bonchev–Trinajstić information content (AvgIpc) is 3.30. The SMILES string of the molecule is COC(=O)C1(C)CCN(CC[C@H](CSc2ccccc2)Nc2ccc(S(=O)(=O)NC(=O)c3ccc(N4CCN(CC5=C(C67CC(C(F)F)(C6)C7)CC(C)(C)CC5)CC4)cc3)cc2S(=O)(=O)C(F)(F)F)CC1. The summed E-state index contributed by atoms with van der Waals surface area (Å²) in [5, 5.41) is 2.98. The molecule has 0 unspecified atom stereocenters. The number of allylic oxidation sites excluding steroid dienone is 1. The molecule has 3 saturated carbocycles. The number of hydrogen-bond donors (Lipinski definition) is 2. The lowest BCUT2D eigenvalue weighted by Gasteiger charge is -2.72. The standard InChI is InChI=1S/C51H64F5N5O7S3/c1-47(2)18-16-36(41(29-47)49-32-50(33-49,34-49)45(52)53)30-60-24-26-61(27-25-60)38-12-10-35(11-13-38)44(62)58-71(66,67)40-14-15-42(43(28-40)70(64,65)51(54,55)56)57-37(31-69-39-8-6-5-7-9-39)17-21-59-22-19-48(3,20-23-59)46(63)68-4/h5-15,28,37,45,57H,16-27,29-34H2,1-4H3,(H,58,62)/t37-,49?,50?/m1/s1. The average molecular weight is 1050 g/mol. The van der Waals surface area contributed by atoms with Crippen molar-refractivity contribution in [3.05, 3.63) is 89.5 Å². The fourth-order valence-corrected chi connectivity index (χ4v) is 14.3. The van der Waals surface area contributed by atoms with Crippen molar-refractivity contribution in [1.29, 1.82) is 0 Å². The molecule has 0 radical (unpaired) electrons. The summed E-state index contributed by atoms with van der Waals surface area (Å²) in [5.41, 5.74) is -3.98. The number of anilines is 2. The first-order valence-electron chi connectivity index (χ1n) is 24.2. The van der Waals surface area contributed by atoms with Crippen LogP contribution in [-0.2, 0) is 29.4 Å². The summed E-state index contributed by atoms with van der Waals surface area (Å²) in [6.45, 7) is 11.7. The number of piperidine rings is 1. The number of halogens is 5. The Labute approximate surface area is 418 Å². The molecule has 2 saturated heterocycles. The molecule has 12 nitrogen and oxygen atoms in total. The number of thioether (sulfide) groups is 1. The molecule has 0 spiro atoms. The molecule has 71 heavy (non-hydrogen) atoms. The second kappa shape index (κ2) is 20.2. The second-order valence-electron chi connectivity index (χ2n) is 21.4. The first-order chi connectivity index (χ1) is 33.4. The minimum absolute atomic E-state index is 0.0401. The number of carbonyl (C=O) groups excluding carboxylic acids is 2. The van der Waals surface area contributed by atoms with Crippen LogP contribution in [0.1, 0.15) is 88.9 Å². The van der Waals surface area contributed by atoms with Crippen molar-refractivity contribution in [1.82, 2.24) is 14.5 Å². The molecule has 2 bridgehead atoms. The molecule has 388 valence electrons. The third-order valence-electron chi connectivity index (χ3n) is 15.7. The van der Waals surface area contributed by atoms with E-state index in [0.717, 1.165) is 61.6 Å². The van der Waals surface area contributed by atoms with Gasteiger partial charge in [-0.25, -0.2) is 30.3 Å². The maximum Gasteiger partial charge on any atom is 0.501 e. The van der Waals surface area contributed by atoms with Gasteiger partial charge < -0.3 is 19.9 Å². The van der Waals surface area contributed by atoms with Gasteiger partial charge in [0, 0.05) is 72.6 Å². The summed E-state index contributed by atoms with van der Waals surface area (Å²) >= 11 is 1.41. The molecule has 20 heteroatoms. The zero-order valence-corrected chi connectivity index (χ0v) is 43.1. The number of rotatable bonds is 18. The first kappa shape index (κ1) is 53.1. The molecule has 2 heterocycles. The Bertz CT molecular complexity index is 2690. The van der Waals surface area contributed by atoms with Crippen molar-refractivity contribution in [2.24, 2.45) is 21.7 Å². The second-order valence-corrected chi connectivity index (χ2v) is 26.1. The molecule has 1 atom stereocenters. The van der Waals surface area contributed by atoms with E-state index in [0.29, 0.717) is 83.1 Å². The van der Waals surface area contributed by atoms with Crippen LogP contribution in [0.15, 0.2) is 98.6 Å². The number of nitrogens with one attached hydrogen (secondary N) is 2. The third kappa shape index (κ3) is 11.3. The van der Waals surface area contributed by atoms with Gasteiger partial charge in [-0.3, -0.25) is 14.5 Å². The van der Waals surface area contributed by atoms with Gasteiger partial charge in [0.2, 0.25) is 6.43 Å². The van der Waals surface area contributed by atoms with E-state index >= 15 is 0 Å². The molecule has 4 aliphatic carbocycles. The van der Waals surface area contributed by atoms with Crippen molar-refractivity contribution in [2.45, 2.75) is 111 Å². The van der Waals surface area contributed by atoms with Crippen LogP contribution < -0.4 is 14.9 Å².